The second-order valence-electron chi connectivity index (χ2n) is 3.88. The van der Waals surface area contributed by atoms with E-state index in [2.05, 4.69) is 0 Å². The number of hydrogen-bond acceptors (Lipinski definition) is 6. The van der Waals surface area contributed by atoms with Crippen LogP contribution in [0.1, 0.15) is 47.0 Å². The summed E-state index contributed by atoms with van der Waals surface area (Å²) < 4.78 is 20.0. The third-order valence-electron chi connectivity index (χ3n) is 2.16. The van der Waals surface area contributed by atoms with Gasteiger partial charge in [0.1, 0.15) is 0 Å². The molecule has 6 nitrogen and oxygen atoms in total. The summed E-state index contributed by atoms with van der Waals surface area (Å²) in [6.07, 6.45) is -0.398. The van der Waals surface area contributed by atoms with Crippen LogP contribution in [0.15, 0.2) is 0 Å². The Labute approximate surface area is 114 Å². The number of ether oxygens (including phenoxy) is 4. The Hall–Kier alpha value is -1.14. The van der Waals surface area contributed by atoms with Gasteiger partial charge in [0.25, 0.3) is 0 Å². The maximum atomic E-state index is 11.4. The first-order valence-electron chi connectivity index (χ1n) is 6.61. The lowest BCUT2D eigenvalue weighted by Gasteiger charge is -2.13. The third kappa shape index (κ3) is 10.5. The molecule has 0 heterocycles. The molecule has 0 fully saturated rings. The molecule has 0 saturated heterocycles. The SMILES string of the molecule is CCOC(C)OC(=O)CCCC(=O)OC(C)OCC. The Bertz CT molecular complexity index is 240. The van der Waals surface area contributed by atoms with Crippen molar-refractivity contribution in [2.75, 3.05) is 13.2 Å². The van der Waals surface area contributed by atoms with Gasteiger partial charge in [-0.25, -0.2) is 0 Å². The normalized spacial score (nSPS) is 13.7. The van der Waals surface area contributed by atoms with Gasteiger partial charge >= 0.3 is 11.9 Å². The summed E-state index contributed by atoms with van der Waals surface area (Å²) in [7, 11) is 0. The molecule has 0 amide bonds. The average molecular weight is 276 g/mol. The minimum atomic E-state index is -0.553. The molecule has 2 atom stereocenters. The molecule has 0 aliphatic heterocycles. The molecule has 0 bridgehead atoms. The first-order chi connectivity index (χ1) is 8.99. The fraction of sp³-hybridized carbons (Fsp3) is 0.846. The van der Waals surface area contributed by atoms with E-state index in [1.807, 2.05) is 13.8 Å². The first-order valence-corrected chi connectivity index (χ1v) is 6.61. The van der Waals surface area contributed by atoms with E-state index >= 15 is 0 Å². The molecule has 0 aliphatic rings. The van der Waals surface area contributed by atoms with Gasteiger partial charge < -0.3 is 18.9 Å². The number of carbonyl (C=O) groups is 2. The van der Waals surface area contributed by atoms with Crippen LogP contribution >= 0.6 is 0 Å². The highest BCUT2D eigenvalue weighted by molar-refractivity contribution is 5.72. The largest absolute Gasteiger partial charge is 0.436 e. The van der Waals surface area contributed by atoms with Crippen molar-refractivity contribution in [3.63, 3.8) is 0 Å². The Balaban J connectivity index is 3.66. The monoisotopic (exact) mass is 276 g/mol. The molecule has 0 aromatic carbocycles. The van der Waals surface area contributed by atoms with Gasteiger partial charge in [0.2, 0.25) is 0 Å². The second kappa shape index (κ2) is 10.8. The molecule has 6 heteroatoms. The molecule has 0 spiro atoms. The smallest absolute Gasteiger partial charge is 0.308 e. The number of esters is 2. The average Bonchev–Trinajstić information content (AvgIpc) is 2.28. The van der Waals surface area contributed by atoms with Gasteiger partial charge in [-0.3, -0.25) is 9.59 Å². The molecular formula is C13H24O6. The van der Waals surface area contributed by atoms with Gasteiger partial charge in [-0.2, -0.15) is 0 Å². The Kier molecular flexibility index (Phi) is 10.1. The van der Waals surface area contributed by atoms with Gasteiger partial charge in [-0.05, 0) is 34.1 Å². The highest BCUT2D eigenvalue weighted by Crippen LogP contribution is 2.04. The van der Waals surface area contributed by atoms with Crippen LogP contribution in [0, 0.1) is 0 Å². The minimum Gasteiger partial charge on any atom is -0.436 e. The van der Waals surface area contributed by atoms with E-state index < -0.39 is 12.6 Å². The van der Waals surface area contributed by atoms with Gasteiger partial charge in [0.15, 0.2) is 12.6 Å². The molecule has 2 unspecified atom stereocenters. The Morgan fingerprint density at radius 1 is 0.842 bits per heavy atom. The van der Waals surface area contributed by atoms with Crippen molar-refractivity contribution in [2.45, 2.75) is 59.5 Å². The van der Waals surface area contributed by atoms with Crippen LogP contribution in [0.5, 0.6) is 0 Å². The van der Waals surface area contributed by atoms with E-state index in [-0.39, 0.29) is 24.8 Å². The molecule has 0 saturated carbocycles. The van der Waals surface area contributed by atoms with Crippen molar-refractivity contribution in [3.05, 3.63) is 0 Å². The quantitative estimate of drug-likeness (QED) is 0.449. The van der Waals surface area contributed by atoms with Gasteiger partial charge in [0, 0.05) is 26.1 Å². The summed E-state index contributed by atoms with van der Waals surface area (Å²) in [6.45, 7) is 7.91. The predicted octanol–water partition coefficient (Wildman–Crippen LogP) is 2.01. The van der Waals surface area contributed by atoms with E-state index in [4.69, 9.17) is 18.9 Å². The molecule has 19 heavy (non-hydrogen) atoms. The van der Waals surface area contributed by atoms with Crippen LogP contribution < -0.4 is 0 Å². The summed E-state index contributed by atoms with van der Waals surface area (Å²) >= 11 is 0. The summed E-state index contributed by atoms with van der Waals surface area (Å²) in [6, 6.07) is 0. The van der Waals surface area contributed by atoms with E-state index in [9.17, 15) is 9.59 Å². The highest BCUT2D eigenvalue weighted by Gasteiger charge is 2.12. The fourth-order valence-corrected chi connectivity index (χ4v) is 1.40. The van der Waals surface area contributed by atoms with E-state index in [0.717, 1.165) is 0 Å². The lowest BCUT2D eigenvalue weighted by atomic mass is 10.2. The summed E-state index contributed by atoms with van der Waals surface area (Å²) in [5.74, 6) is -0.766. The zero-order valence-electron chi connectivity index (χ0n) is 12.1. The minimum absolute atomic E-state index is 0.162. The van der Waals surface area contributed by atoms with Crippen LogP contribution in [0.25, 0.3) is 0 Å². The lowest BCUT2D eigenvalue weighted by Crippen LogP contribution is -2.19. The molecule has 0 aliphatic carbocycles. The standard InChI is InChI=1S/C13H24O6/c1-5-16-10(3)18-12(14)8-7-9-13(15)19-11(4)17-6-2/h10-11H,5-9H2,1-4H3. The van der Waals surface area contributed by atoms with E-state index in [1.165, 1.54) is 0 Å². The van der Waals surface area contributed by atoms with E-state index in [0.29, 0.717) is 19.6 Å². The van der Waals surface area contributed by atoms with Crippen LogP contribution in [-0.2, 0) is 28.5 Å². The van der Waals surface area contributed by atoms with Crippen LogP contribution in [-0.4, -0.2) is 37.7 Å². The molecule has 0 radical (unpaired) electrons. The Morgan fingerprint density at radius 3 is 1.53 bits per heavy atom. The predicted molar refractivity (Wildman–Crippen MR) is 68.2 cm³/mol. The lowest BCUT2D eigenvalue weighted by molar-refractivity contribution is -0.175. The van der Waals surface area contributed by atoms with Crippen molar-refractivity contribution >= 4 is 11.9 Å². The van der Waals surface area contributed by atoms with Crippen molar-refractivity contribution < 1.29 is 28.5 Å². The first kappa shape index (κ1) is 17.9. The summed E-state index contributed by atoms with van der Waals surface area (Å²) in [5, 5.41) is 0. The van der Waals surface area contributed by atoms with Gasteiger partial charge in [0.05, 0.1) is 0 Å². The zero-order chi connectivity index (χ0) is 14.7. The maximum absolute atomic E-state index is 11.4. The molecule has 112 valence electrons. The molecule has 0 N–H and O–H groups in total. The zero-order valence-corrected chi connectivity index (χ0v) is 12.1. The number of hydrogen-bond donors (Lipinski definition) is 0. The third-order valence-corrected chi connectivity index (χ3v) is 2.16. The van der Waals surface area contributed by atoms with Crippen LogP contribution in [0.4, 0.5) is 0 Å². The van der Waals surface area contributed by atoms with Gasteiger partial charge in [-0.15, -0.1) is 0 Å². The van der Waals surface area contributed by atoms with Gasteiger partial charge in [-0.1, -0.05) is 0 Å². The van der Waals surface area contributed by atoms with Crippen molar-refractivity contribution in [2.24, 2.45) is 0 Å². The van der Waals surface area contributed by atoms with Crippen LogP contribution in [0.2, 0.25) is 0 Å². The molecular weight excluding hydrogens is 252 g/mol. The second-order valence-corrected chi connectivity index (χ2v) is 3.88. The molecule has 0 aromatic heterocycles. The fourth-order valence-electron chi connectivity index (χ4n) is 1.40. The topological polar surface area (TPSA) is 71.1 Å². The number of rotatable bonds is 10. The summed E-state index contributed by atoms with van der Waals surface area (Å²) in [5.41, 5.74) is 0. The highest BCUT2D eigenvalue weighted by atomic mass is 16.7. The number of carbonyl (C=O) groups excluding carboxylic acids is 2. The van der Waals surface area contributed by atoms with Crippen molar-refractivity contribution in [1.82, 2.24) is 0 Å². The van der Waals surface area contributed by atoms with Crippen molar-refractivity contribution in [3.8, 4) is 0 Å². The van der Waals surface area contributed by atoms with Crippen LogP contribution in [0.3, 0.4) is 0 Å². The summed E-state index contributed by atoms with van der Waals surface area (Å²) in [4.78, 5) is 22.7. The van der Waals surface area contributed by atoms with E-state index in [1.54, 1.807) is 13.8 Å². The molecule has 0 rings (SSSR count). The Morgan fingerprint density at radius 2 is 1.21 bits per heavy atom. The molecule has 0 aromatic rings. The maximum Gasteiger partial charge on any atom is 0.308 e. The van der Waals surface area contributed by atoms with Crippen molar-refractivity contribution in [1.29, 1.82) is 0 Å².